The molecular weight excluding hydrogens is 232 g/mol. The molecule has 4 heteroatoms. The number of halogens is 4. The summed E-state index contributed by atoms with van der Waals surface area (Å²) in [6.07, 6.45) is 0.269. The fourth-order valence-corrected chi connectivity index (χ4v) is 0.759. The van der Waals surface area contributed by atoms with Crippen LogP contribution in [0.4, 0.5) is 17.6 Å². The zero-order chi connectivity index (χ0) is 13.6. The van der Waals surface area contributed by atoms with Crippen LogP contribution < -0.4 is 0 Å². The maximum atomic E-state index is 13.1. The molecule has 0 saturated carbocycles. The molecule has 0 radical (unpaired) electrons. The summed E-state index contributed by atoms with van der Waals surface area (Å²) in [5.41, 5.74) is -1.22. The van der Waals surface area contributed by atoms with Crippen LogP contribution in [-0.4, -0.2) is 6.18 Å². The highest BCUT2D eigenvalue weighted by Crippen LogP contribution is 2.31. The highest BCUT2D eigenvalue weighted by atomic mass is 19.4. The zero-order valence-electron chi connectivity index (χ0n) is 9.15. The van der Waals surface area contributed by atoms with Gasteiger partial charge in [0.2, 0.25) is 0 Å². The molecule has 0 spiro atoms. The Morgan fingerprint density at radius 2 is 1.53 bits per heavy atom. The van der Waals surface area contributed by atoms with Crippen LogP contribution in [0.5, 0.6) is 0 Å². The van der Waals surface area contributed by atoms with E-state index in [0.29, 0.717) is 6.08 Å². The van der Waals surface area contributed by atoms with E-state index in [0.717, 1.165) is 0 Å². The van der Waals surface area contributed by atoms with Crippen molar-refractivity contribution < 1.29 is 17.6 Å². The van der Waals surface area contributed by atoms with Gasteiger partial charge in [0, 0.05) is 0 Å². The van der Waals surface area contributed by atoms with Crippen LogP contribution in [-0.2, 0) is 0 Å². The van der Waals surface area contributed by atoms with E-state index in [4.69, 9.17) is 0 Å². The smallest absolute Gasteiger partial charge is 0.206 e. The molecule has 0 bridgehead atoms. The van der Waals surface area contributed by atoms with E-state index in [1.54, 1.807) is 0 Å². The summed E-state index contributed by atoms with van der Waals surface area (Å²) in [6, 6.07) is 0. The van der Waals surface area contributed by atoms with Crippen LogP contribution in [0.3, 0.4) is 0 Å². The largest absolute Gasteiger partial charge is 0.418 e. The Labute approximate surface area is 97.6 Å². The lowest BCUT2D eigenvalue weighted by Gasteiger charge is -2.08. The standard InChI is InChI=1S/C13H12F4/c1-5-6-7-9(2)10(3)8-12(14)11(4)13(15,16)17/h5-8H,1-4H2/b7-6-,12-8+. The van der Waals surface area contributed by atoms with Gasteiger partial charge < -0.3 is 0 Å². The molecule has 0 aromatic carbocycles. The van der Waals surface area contributed by atoms with Crippen molar-refractivity contribution in [2.45, 2.75) is 6.18 Å². The molecule has 0 aliphatic heterocycles. The van der Waals surface area contributed by atoms with Crippen molar-refractivity contribution in [3.63, 3.8) is 0 Å². The van der Waals surface area contributed by atoms with Crippen LogP contribution in [0.2, 0.25) is 0 Å². The van der Waals surface area contributed by atoms with Gasteiger partial charge in [0.25, 0.3) is 0 Å². The van der Waals surface area contributed by atoms with Gasteiger partial charge in [-0.2, -0.15) is 13.2 Å². The average molecular weight is 244 g/mol. The van der Waals surface area contributed by atoms with Gasteiger partial charge in [-0.1, -0.05) is 44.5 Å². The van der Waals surface area contributed by atoms with E-state index in [1.165, 1.54) is 18.2 Å². The average Bonchev–Trinajstić information content (AvgIpc) is 2.23. The van der Waals surface area contributed by atoms with Gasteiger partial charge >= 0.3 is 6.18 Å². The number of allylic oxidation sites excluding steroid dienone is 8. The van der Waals surface area contributed by atoms with Crippen molar-refractivity contribution in [2.75, 3.05) is 0 Å². The summed E-state index contributed by atoms with van der Waals surface area (Å²) in [6.45, 7) is 12.9. The van der Waals surface area contributed by atoms with Gasteiger partial charge in [-0.15, -0.1) is 0 Å². The molecule has 0 atom stereocenters. The van der Waals surface area contributed by atoms with Gasteiger partial charge in [-0.05, 0) is 17.2 Å². The molecule has 0 unspecified atom stereocenters. The summed E-state index contributed by atoms with van der Waals surface area (Å²) < 4.78 is 49.4. The fourth-order valence-electron chi connectivity index (χ4n) is 0.759. The molecular formula is C13H12F4. The quantitative estimate of drug-likeness (QED) is 0.480. The van der Waals surface area contributed by atoms with Crippen molar-refractivity contribution in [1.82, 2.24) is 0 Å². The Morgan fingerprint density at radius 3 is 1.94 bits per heavy atom. The Bertz CT molecular complexity index is 406. The molecule has 0 aromatic heterocycles. The minimum atomic E-state index is -4.79. The van der Waals surface area contributed by atoms with Gasteiger partial charge in [0.15, 0.2) is 0 Å². The summed E-state index contributed by atoms with van der Waals surface area (Å²) in [5, 5.41) is 0. The van der Waals surface area contributed by atoms with Crippen molar-refractivity contribution in [2.24, 2.45) is 0 Å². The molecule has 0 aliphatic rings. The molecule has 17 heavy (non-hydrogen) atoms. The van der Waals surface area contributed by atoms with E-state index in [2.05, 4.69) is 26.3 Å². The lowest BCUT2D eigenvalue weighted by atomic mass is 10.1. The Hall–Kier alpha value is -1.84. The molecule has 0 fully saturated rings. The lowest BCUT2D eigenvalue weighted by molar-refractivity contribution is -0.0906. The van der Waals surface area contributed by atoms with Crippen molar-refractivity contribution in [3.8, 4) is 0 Å². The van der Waals surface area contributed by atoms with Crippen LogP contribution >= 0.6 is 0 Å². The minimum Gasteiger partial charge on any atom is -0.206 e. The number of hydrogen-bond donors (Lipinski definition) is 0. The number of hydrogen-bond acceptors (Lipinski definition) is 0. The number of alkyl halides is 3. The van der Waals surface area contributed by atoms with Gasteiger partial charge in [0.05, 0.1) is 5.57 Å². The van der Waals surface area contributed by atoms with Crippen molar-refractivity contribution in [3.05, 3.63) is 73.2 Å². The van der Waals surface area contributed by atoms with Gasteiger partial charge in [-0.25, -0.2) is 4.39 Å². The highest BCUT2D eigenvalue weighted by Gasteiger charge is 2.34. The zero-order valence-corrected chi connectivity index (χ0v) is 9.15. The predicted octanol–water partition coefficient (Wildman–Crippen LogP) is 4.81. The van der Waals surface area contributed by atoms with Gasteiger partial charge in [-0.3, -0.25) is 0 Å². The van der Waals surface area contributed by atoms with E-state index < -0.39 is 17.6 Å². The summed E-state index contributed by atoms with van der Waals surface area (Å²) >= 11 is 0. The first kappa shape index (κ1) is 15.2. The normalized spacial score (nSPS) is 12.6. The molecule has 0 saturated heterocycles. The third kappa shape index (κ3) is 5.15. The second-order valence-electron chi connectivity index (χ2n) is 3.11. The highest BCUT2D eigenvalue weighted by molar-refractivity contribution is 5.46. The molecule has 0 amide bonds. The molecule has 92 valence electrons. The monoisotopic (exact) mass is 244 g/mol. The summed E-state index contributed by atoms with van der Waals surface area (Å²) in [4.78, 5) is 0. The minimum absolute atomic E-state index is 0.0333. The van der Waals surface area contributed by atoms with Crippen molar-refractivity contribution >= 4 is 0 Å². The second-order valence-corrected chi connectivity index (χ2v) is 3.11. The number of rotatable bonds is 5. The fraction of sp³-hybridized carbons (Fsp3) is 0.0769. The first-order chi connectivity index (χ1) is 7.70. The van der Waals surface area contributed by atoms with E-state index in [-0.39, 0.29) is 11.1 Å². The van der Waals surface area contributed by atoms with Crippen LogP contribution in [0.25, 0.3) is 0 Å². The third-order valence-corrected chi connectivity index (χ3v) is 1.78. The lowest BCUT2D eigenvalue weighted by Crippen LogP contribution is -2.11. The third-order valence-electron chi connectivity index (χ3n) is 1.78. The second kappa shape index (κ2) is 6.03. The topological polar surface area (TPSA) is 0 Å². The van der Waals surface area contributed by atoms with E-state index >= 15 is 0 Å². The molecule has 0 aromatic rings. The van der Waals surface area contributed by atoms with E-state index in [1.807, 2.05) is 0 Å². The maximum absolute atomic E-state index is 13.1. The predicted molar refractivity (Wildman–Crippen MR) is 62.0 cm³/mol. The van der Waals surface area contributed by atoms with Crippen LogP contribution in [0.15, 0.2) is 73.2 Å². The Balaban J connectivity index is 4.87. The Morgan fingerprint density at radius 1 is 1.00 bits per heavy atom. The summed E-state index contributed by atoms with van der Waals surface area (Å²) in [5.74, 6) is -1.48. The molecule has 0 N–H and O–H groups in total. The SMILES string of the molecule is C=C/C=C\C(=C)C(=C)/C=C(/F)C(=C)C(F)(F)F. The maximum Gasteiger partial charge on any atom is 0.418 e. The molecule has 0 nitrogen and oxygen atoms in total. The molecule has 0 aliphatic carbocycles. The summed E-state index contributed by atoms with van der Waals surface area (Å²) in [7, 11) is 0. The van der Waals surface area contributed by atoms with Crippen molar-refractivity contribution in [1.29, 1.82) is 0 Å². The Kier molecular flexibility index (Phi) is 5.38. The first-order valence-electron chi connectivity index (χ1n) is 4.51. The molecule has 0 heterocycles. The van der Waals surface area contributed by atoms with Gasteiger partial charge in [0.1, 0.15) is 5.83 Å². The molecule has 0 rings (SSSR count). The van der Waals surface area contributed by atoms with E-state index in [9.17, 15) is 17.6 Å². The first-order valence-corrected chi connectivity index (χ1v) is 4.51. The van der Waals surface area contributed by atoms with Crippen LogP contribution in [0, 0.1) is 0 Å². The van der Waals surface area contributed by atoms with Crippen LogP contribution in [0.1, 0.15) is 0 Å².